The first-order valence-electron chi connectivity index (χ1n) is 5.16. The van der Waals surface area contributed by atoms with Gasteiger partial charge in [0.05, 0.1) is 39.0 Å². The Morgan fingerprint density at radius 1 is 1.08 bits per heavy atom. The summed E-state index contributed by atoms with van der Waals surface area (Å²) in [7, 11) is 0. The number of hydrogen-bond donors (Lipinski definition) is 0. The average molecular weight is 166 g/mol. The van der Waals surface area contributed by atoms with Crippen LogP contribution in [0.4, 0.5) is 0 Å². The third-order valence-corrected chi connectivity index (χ3v) is 1.86. The average Bonchev–Trinajstić information content (AvgIpc) is 2.10. The zero-order valence-electron chi connectivity index (χ0n) is 8.55. The van der Waals surface area contributed by atoms with E-state index in [9.17, 15) is 0 Å². The van der Waals surface area contributed by atoms with Crippen molar-refractivity contribution in [1.29, 1.82) is 0 Å². The van der Waals surface area contributed by atoms with Crippen LogP contribution >= 0.6 is 0 Å². The minimum absolute atomic E-state index is 1.21. The molecule has 0 atom stereocenters. The lowest BCUT2D eigenvalue weighted by Crippen LogP contribution is -1.74. The molecule has 0 bridgehead atoms. The predicted molar refractivity (Wildman–Crippen MR) is 56.8 cm³/mol. The summed E-state index contributed by atoms with van der Waals surface area (Å²) in [6.07, 6.45) is 16.7. The molecule has 0 aliphatic carbocycles. The van der Waals surface area contributed by atoms with Gasteiger partial charge in [-0.1, -0.05) is 12.2 Å². The van der Waals surface area contributed by atoms with Crippen LogP contribution in [-0.4, -0.2) is 0 Å². The lowest BCUT2D eigenvalue weighted by atomic mass is 10.1. The van der Waals surface area contributed by atoms with Crippen LogP contribution in [-0.2, 0) is 0 Å². The molecule has 0 aromatic rings. The second-order valence-corrected chi connectivity index (χ2v) is 3.08. The first kappa shape index (κ1) is 11.5. The van der Waals surface area contributed by atoms with Crippen LogP contribution in [0, 0.1) is 12.8 Å². The van der Waals surface area contributed by atoms with Gasteiger partial charge in [-0.25, -0.2) is 0 Å². The molecular weight excluding hydrogens is 144 g/mol. The van der Waals surface area contributed by atoms with Gasteiger partial charge in [0.2, 0.25) is 0 Å². The van der Waals surface area contributed by atoms with Crippen LogP contribution in [0.15, 0.2) is 12.2 Å². The van der Waals surface area contributed by atoms with E-state index in [-0.39, 0.29) is 0 Å². The maximum absolute atomic E-state index is 2.34. The molecule has 0 radical (unpaired) electrons. The zero-order chi connectivity index (χ0) is 9.07. The molecule has 0 unspecified atom stereocenters. The van der Waals surface area contributed by atoms with E-state index in [2.05, 4.69) is 38.8 Å². The molecule has 68 valence electrons. The van der Waals surface area contributed by atoms with Gasteiger partial charge < -0.3 is 0 Å². The third kappa shape index (κ3) is 9.48. The molecule has 0 amide bonds. The van der Waals surface area contributed by atoms with Gasteiger partial charge in [0.1, 0.15) is 0 Å². The Kier molecular flexibility index (Phi) is 10.0. The van der Waals surface area contributed by atoms with E-state index in [1.54, 1.807) is 0 Å². The fourth-order valence-corrected chi connectivity index (χ4v) is 1.09. The van der Waals surface area contributed by atoms with Gasteiger partial charge in [-0.3, -0.25) is 0 Å². The van der Waals surface area contributed by atoms with Crippen molar-refractivity contribution in [2.75, 3.05) is 0 Å². The van der Waals surface area contributed by atoms with Crippen LogP contribution in [0.3, 0.4) is 0 Å². The molecule has 0 heteroatoms. The van der Waals surface area contributed by atoms with E-state index in [0.29, 0.717) is 0 Å². The van der Waals surface area contributed by atoms with Gasteiger partial charge in [0.15, 0.2) is 0 Å². The van der Waals surface area contributed by atoms with Gasteiger partial charge in [0.25, 0.3) is 0 Å². The van der Waals surface area contributed by atoms with Crippen LogP contribution in [0.1, 0.15) is 52.4 Å². The lowest BCUT2D eigenvalue weighted by Gasteiger charge is -1.86. The summed E-state index contributed by atoms with van der Waals surface area (Å²) in [5, 5.41) is 0. The third-order valence-electron chi connectivity index (χ3n) is 1.86. The lowest BCUT2D eigenvalue weighted by molar-refractivity contribution is 0.821. The first-order valence-corrected chi connectivity index (χ1v) is 5.16. The maximum atomic E-state index is 2.34. The molecule has 0 spiro atoms. The van der Waals surface area contributed by atoms with Crippen molar-refractivity contribution in [3.63, 3.8) is 0 Å². The minimum Gasteiger partial charge on any atom is -0.0882 e. The molecule has 0 N–H and O–H groups in total. The van der Waals surface area contributed by atoms with Crippen molar-refractivity contribution in [3.8, 4) is 0 Å². The Morgan fingerprint density at radius 2 is 1.83 bits per heavy atom. The number of allylic oxidation sites excluding steroid dienone is 2. The van der Waals surface area contributed by atoms with E-state index < -0.39 is 0 Å². The molecule has 0 saturated carbocycles. The summed E-state index contributed by atoms with van der Waals surface area (Å²) in [4.78, 5) is 0. The molecule has 0 aromatic carbocycles. The standard InChI is InChI=1S/C12H22/c1-3-5-7-9-11-12-10-8-6-4-2/h3,6,11-12H,4-5,7-10H2,1-2H3/q+2. The second kappa shape index (κ2) is 10.5. The van der Waals surface area contributed by atoms with E-state index in [0.717, 1.165) is 0 Å². The molecule has 0 heterocycles. The van der Waals surface area contributed by atoms with E-state index in [1.165, 1.54) is 38.5 Å². The van der Waals surface area contributed by atoms with Crippen LogP contribution in [0.2, 0.25) is 0 Å². The fraction of sp³-hybridized carbons (Fsp3) is 0.667. The maximum Gasteiger partial charge on any atom is 0.0909 e. The Labute approximate surface area is 78.1 Å². The highest BCUT2D eigenvalue weighted by Crippen LogP contribution is 2.02. The summed E-state index contributed by atoms with van der Waals surface area (Å²) in [5.74, 6) is 0. The first-order chi connectivity index (χ1) is 5.91. The van der Waals surface area contributed by atoms with E-state index in [1.807, 2.05) is 0 Å². The van der Waals surface area contributed by atoms with Gasteiger partial charge in [-0.15, -0.1) is 0 Å². The molecule has 0 nitrogen and oxygen atoms in total. The smallest absolute Gasteiger partial charge is 0.0882 e. The van der Waals surface area contributed by atoms with Crippen LogP contribution < -0.4 is 0 Å². The molecule has 0 rings (SSSR count). The van der Waals surface area contributed by atoms with Crippen molar-refractivity contribution in [3.05, 3.63) is 25.0 Å². The number of hydrogen-bond acceptors (Lipinski definition) is 0. The van der Waals surface area contributed by atoms with Gasteiger partial charge in [-0.2, -0.15) is 0 Å². The predicted octanol–water partition coefficient (Wildman–Crippen LogP) is 4.33. The van der Waals surface area contributed by atoms with Gasteiger partial charge in [0, 0.05) is 6.42 Å². The minimum atomic E-state index is 1.21. The van der Waals surface area contributed by atoms with Gasteiger partial charge >= 0.3 is 0 Å². The highest BCUT2D eigenvalue weighted by molar-refractivity contribution is 4.83. The highest BCUT2D eigenvalue weighted by Gasteiger charge is 1.91. The quantitative estimate of drug-likeness (QED) is 0.286. The normalized spacial score (nSPS) is 10.5. The van der Waals surface area contributed by atoms with Crippen molar-refractivity contribution >= 4 is 0 Å². The summed E-state index contributed by atoms with van der Waals surface area (Å²) in [6, 6.07) is 0. The van der Waals surface area contributed by atoms with Crippen LogP contribution in [0.5, 0.6) is 0 Å². The Balaban J connectivity index is 2.93. The molecule has 0 aliphatic heterocycles. The summed E-state index contributed by atoms with van der Waals surface area (Å²) in [6.45, 7) is 4.32. The molecule has 0 fully saturated rings. The van der Waals surface area contributed by atoms with Crippen molar-refractivity contribution < 1.29 is 0 Å². The Bertz CT molecular complexity index is 80.2. The van der Waals surface area contributed by atoms with Crippen molar-refractivity contribution in [2.45, 2.75) is 52.4 Å². The molecule has 12 heavy (non-hydrogen) atoms. The highest BCUT2D eigenvalue weighted by atomic mass is 13.9. The summed E-state index contributed by atoms with van der Waals surface area (Å²) < 4.78 is 0. The molecular formula is C12H22+2. The Hall–Kier alpha value is -0.520. The SMILES string of the molecule is C[CH+]CCCC=CCC[CH+]CC. The van der Waals surface area contributed by atoms with Crippen molar-refractivity contribution in [1.82, 2.24) is 0 Å². The molecule has 0 aliphatic rings. The topological polar surface area (TPSA) is 0 Å². The van der Waals surface area contributed by atoms with Gasteiger partial charge in [-0.05, 0) is 19.8 Å². The van der Waals surface area contributed by atoms with Crippen molar-refractivity contribution in [2.24, 2.45) is 0 Å². The Morgan fingerprint density at radius 3 is 2.50 bits per heavy atom. The largest absolute Gasteiger partial charge is 0.0909 e. The fourth-order valence-electron chi connectivity index (χ4n) is 1.09. The number of rotatable bonds is 8. The zero-order valence-corrected chi connectivity index (χ0v) is 8.55. The summed E-state index contributed by atoms with van der Waals surface area (Å²) in [5.41, 5.74) is 0. The summed E-state index contributed by atoms with van der Waals surface area (Å²) >= 11 is 0. The number of unbranched alkanes of at least 4 members (excludes halogenated alkanes) is 6. The van der Waals surface area contributed by atoms with E-state index in [4.69, 9.17) is 0 Å². The second-order valence-electron chi connectivity index (χ2n) is 3.08. The monoisotopic (exact) mass is 166 g/mol. The van der Waals surface area contributed by atoms with E-state index >= 15 is 0 Å². The van der Waals surface area contributed by atoms with Crippen LogP contribution in [0.25, 0.3) is 0 Å². The molecule has 0 saturated heterocycles. The molecule has 0 aromatic heterocycles.